The summed E-state index contributed by atoms with van der Waals surface area (Å²) in [6, 6.07) is 4.91. The molecule has 0 fully saturated rings. The van der Waals surface area contributed by atoms with Gasteiger partial charge in [-0.2, -0.15) is 0 Å². The monoisotopic (exact) mass is 176 g/mol. The average Bonchev–Trinajstić information content (AvgIpc) is 2.63. The molecule has 0 atom stereocenters. The van der Waals surface area contributed by atoms with Gasteiger partial charge in [0.25, 0.3) is 0 Å². The largest absolute Gasteiger partial charge is 0.465 e. The van der Waals surface area contributed by atoms with Crippen LogP contribution in [0.2, 0.25) is 0 Å². The van der Waals surface area contributed by atoms with E-state index in [0.29, 0.717) is 16.9 Å². The van der Waals surface area contributed by atoms with Crippen molar-refractivity contribution in [1.29, 1.82) is 0 Å². The Labute approximate surface area is 74.4 Å². The van der Waals surface area contributed by atoms with E-state index in [9.17, 15) is 4.79 Å². The zero-order valence-corrected chi connectivity index (χ0v) is 6.89. The molecule has 13 heavy (non-hydrogen) atoms. The smallest absolute Gasteiger partial charge is 0.337 e. The summed E-state index contributed by atoms with van der Waals surface area (Å²) in [6.07, 6.45) is 0. The van der Waals surface area contributed by atoms with Crippen LogP contribution in [0, 0.1) is 0 Å². The van der Waals surface area contributed by atoms with Crippen LogP contribution >= 0.6 is 0 Å². The normalized spacial score (nSPS) is 12.1. The Morgan fingerprint density at radius 2 is 2.23 bits per heavy atom. The molecule has 5 heteroatoms. The first-order valence-corrected chi connectivity index (χ1v) is 3.65. The maximum atomic E-state index is 11.1. The van der Waals surface area contributed by atoms with Crippen molar-refractivity contribution < 1.29 is 9.53 Å². The van der Waals surface area contributed by atoms with Crippen molar-refractivity contribution in [2.24, 2.45) is 10.3 Å². The molecular formula is C8H6N3O2. The summed E-state index contributed by atoms with van der Waals surface area (Å²) in [5.74, 6) is -0.384. The van der Waals surface area contributed by atoms with Crippen molar-refractivity contribution in [3.63, 3.8) is 0 Å². The lowest BCUT2D eigenvalue weighted by Gasteiger charge is -1.99. The summed E-state index contributed by atoms with van der Waals surface area (Å²) in [6.45, 7) is 0. The molecule has 1 aromatic rings. The highest BCUT2D eigenvalue weighted by Crippen LogP contribution is 2.31. The number of hydrogen-bond donors (Lipinski definition) is 0. The van der Waals surface area contributed by atoms with Gasteiger partial charge in [-0.1, -0.05) is 0 Å². The zero-order valence-electron chi connectivity index (χ0n) is 6.89. The molecule has 0 aliphatic carbocycles. The van der Waals surface area contributed by atoms with Crippen LogP contribution in [0.3, 0.4) is 0 Å². The number of carbonyl (C=O) groups is 1. The first-order chi connectivity index (χ1) is 6.31. The van der Waals surface area contributed by atoms with Crippen LogP contribution in [-0.2, 0) is 4.74 Å². The number of methoxy groups -OCH3 is 1. The Kier molecular flexibility index (Phi) is 1.70. The van der Waals surface area contributed by atoms with Crippen LogP contribution in [0.15, 0.2) is 28.5 Å². The van der Waals surface area contributed by atoms with Crippen molar-refractivity contribution in [3.05, 3.63) is 23.8 Å². The molecule has 0 N–H and O–H groups in total. The number of benzene rings is 1. The molecule has 1 aromatic carbocycles. The molecule has 1 aliphatic heterocycles. The van der Waals surface area contributed by atoms with Crippen LogP contribution in [0.1, 0.15) is 10.4 Å². The van der Waals surface area contributed by atoms with Crippen LogP contribution in [0.4, 0.5) is 11.4 Å². The van der Waals surface area contributed by atoms with E-state index >= 15 is 0 Å². The number of rotatable bonds is 1. The summed E-state index contributed by atoms with van der Waals surface area (Å²) < 4.78 is 4.55. The fraction of sp³-hybridized carbons (Fsp3) is 0.125. The average molecular weight is 176 g/mol. The van der Waals surface area contributed by atoms with E-state index in [-0.39, 0.29) is 5.97 Å². The Bertz CT molecular complexity index is 387. The summed E-state index contributed by atoms with van der Waals surface area (Å²) in [4.78, 5) is 11.1. The highest BCUT2D eigenvalue weighted by Gasteiger charge is 2.13. The molecule has 1 heterocycles. The van der Waals surface area contributed by atoms with Crippen molar-refractivity contribution in [2.75, 3.05) is 7.11 Å². The van der Waals surface area contributed by atoms with Gasteiger partial charge in [0.2, 0.25) is 0 Å². The molecule has 0 saturated carbocycles. The van der Waals surface area contributed by atoms with Gasteiger partial charge < -0.3 is 4.74 Å². The summed E-state index contributed by atoms with van der Waals surface area (Å²) in [5.41, 5.74) is 5.46. The van der Waals surface area contributed by atoms with Crippen molar-refractivity contribution in [1.82, 2.24) is 5.43 Å². The van der Waals surface area contributed by atoms with E-state index in [4.69, 9.17) is 0 Å². The first-order valence-electron chi connectivity index (χ1n) is 3.65. The van der Waals surface area contributed by atoms with Crippen LogP contribution < -0.4 is 5.43 Å². The van der Waals surface area contributed by atoms with Gasteiger partial charge in [0.05, 0.1) is 12.7 Å². The van der Waals surface area contributed by atoms with Crippen LogP contribution in [0.5, 0.6) is 0 Å². The number of hydrogen-bond acceptors (Lipinski definition) is 4. The van der Waals surface area contributed by atoms with E-state index in [1.807, 2.05) is 0 Å². The molecular weight excluding hydrogens is 170 g/mol. The minimum Gasteiger partial charge on any atom is -0.465 e. The lowest BCUT2D eigenvalue weighted by Crippen LogP contribution is -2.00. The fourth-order valence-corrected chi connectivity index (χ4v) is 1.05. The second kappa shape index (κ2) is 2.85. The highest BCUT2D eigenvalue weighted by molar-refractivity contribution is 5.91. The maximum Gasteiger partial charge on any atom is 0.337 e. The number of carbonyl (C=O) groups excluding carboxylic acids is 1. The highest BCUT2D eigenvalue weighted by atomic mass is 16.5. The van der Waals surface area contributed by atoms with Crippen molar-refractivity contribution in [2.45, 2.75) is 0 Å². The van der Waals surface area contributed by atoms with E-state index in [2.05, 4.69) is 20.5 Å². The third kappa shape index (κ3) is 1.24. The molecule has 65 valence electrons. The molecule has 1 aliphatic rings. The van der Waals surface area contributed by atoms with E-state index < -0.39 is 0 Å². The molecule has 0 saturated heterocycles. The Balaban J connectivity index is 2.38. The molecule has 0 bridgehead atoms. The Morgan fingerprint density at radius 1 is 1.38 bits per heavy atom. The fourth-order valence-electron chi connectivity index (χ4n) is 1.05. The van der Waals surface area contributed by atoms with Crippen molar-refractivity contribution in [3.8, 4) is 0 Å². The molecule has 0 amide bonds. The summed E-state index contributed by atoms with van der Waals surface area (Å²) in [5, 5.41) is 7.21. The molecule has 2 rings (SSSR count). The molecule has 0 aromatic heterocycles. The third-order valence-electron chi connectivity index (χ3n) is 1.70. The van der Waals surface area contributed by atoms with E-state index in [0.717, 1.165) is 0 Å². The van der Waals surface area contributed by atoms with E-state index in [1.54, 1.807) is 18.2 Å². The molecule has 0 unspecified atom stereocenters. The maximum absolute atomic E-state index is 11.1. The van der Waals surface area contributed by atoms with Gasteiger partial charge >= 0.3 is 5.97 Å². The summed E-state index contributed by atoms with van der Waals surface area (Å²) >= 11 is 0. The lowest BCUT2D eigenvalue weighted by molar-refractivity contribution is 0.0601. The topological polar surface area (TPSA) is 65.1 Å². The van der Waals surface area contributed by atoms with Gasteiger partial charge in [-0.25, -0.2) is 4.79 Å². The zero-order chi connectivity index (χ0) is 9.26. The number of nitrogens with zero attached hydrogens (tertiary/aromatic N) is 3. The summed E-state index contributed by atoms with van der Waals surface area (Å²) in [7, 11) is 1.33. The van der Waals surface area contributed by atoms with Crippen molar-refractivity contribution >= 4 is 17.3 Å². The van der Waals surface area contributed by atoms with Gasteiger partial charge in [0.15, 0.2) is 0 Å². The standard InChI is InChI=1S/C8H6N3O2/c1-13-8(12)5-2-3-6-7(4-5)10-11-9-6/h2-4H,1H3. The first kappa shape index (κ1) is 7.72. The lowest BCUT2D eigenvalue weighted by atomic mass is 10.2. The molecule has 0 spiro atoms. The quantitative estimate of drug-likeness (QED) is 0.611. The second-order valence-corrected chi connectivity index (χ2v) is 2.48. The van der Waals surface area contributed by atoms with Gasteiger partial charge in [0, 0.05) is 0 Å². The van der Waals surface area contributed by atoms with E-state index in [1.165, 1.54) is 7.11 Å². The number of fused-ring (bicyclic) bond motifs is 1. The minimum atomic E-state index is -0.384. The Hall–Kier alpha value is -1.91. The van der Waals surface area contributed by atoms with Gasteiger partial charge in [-0.3, -0.25) is 0 Å². The van der Waals surface area contributed by atoms with Crippen LogP contribution in [-0.4, -0.2) is 13.1 Å². The number of ether oxygens (including phenoxy) is 1. The SMILES string of the molecule is COC(=O)c1ccc2c(c1)[N]N=N2. The Morgan fingerprint density at radius 3 is 3.00 bits per heavy atom. The second-order valence-electron chi connectivity index (χ2n) is 2.48. The van der Waals surface area contributed by atoms with Gasteiger partial charge in [0.1, 0.15) is 11.4 Å². The van der Waals surface area contributed by atoms with Gasteiger partial charge in [-0.05, 0) is 23.4 Å². The number of esters is 1. The van der Waals surface area contributed by atoms with Gasteiger partial charge in [-0.15, -0.1) is 10.5 Å². The third-order valence-corrected chi connectivity index (χ3v) is 1.70. The van der Waals surface area contributed by atoms with Crippen LogP contribution in [0.25, 0.3) is 0 Å². The minimum absolute atomic E-state index is 0.384. The molecule has 5 nitrogen and oxygen atoms in total. The predicted molar refractivity (Wildman–Crippen MR) is 44.1 cm³/mol. The molecule has 1 radical (unpaired) electrons. The predicted octanol–water partition coefficient (Wildman–Crippen LogP) is 1.72.